The molecule has 4 rings (SSSR count). The van der Waals surface area contributed by atoms with Crippen LogP contribution in [-0.2, 0) is 9.53 Å². The quantitative estimate of drug-likeness (QED) is 0.525. The minimum atomic E-state index is -0.664. The van der Waals surface area contributed by atoms with Crippen LogP contribution in [0.15, 0.2) is 48.5 Å². The number of nitrogens with zero attached hydrogens (tertiary/aromatic N) is 3. The maximum absolute atomic E-state index is 13.3. The van der Waals surface area contributed by atoms with E-state index >= 15 is 0 Å². The van der Waals surface area contributed by atoms with Crippen LogP contribution in [0.4, 0.5) is 8.78 Å². The minimum absolute atomic E-state index is 0.116. The molecule has 1 fully saturated rings. The van der Waals surface area contributed by atoms with E-state index in [9.17, 15) is 18.4 Å². The second-order valence-corrected chi connectivity index (χ2v) is 8.74. The predicted molar refractivity (Wildman–Crippen MR) is 121 cm³/mol. The number of thiazole rings is 1. The fraction of sp³-hybridized carbons (Fsp3) is 0.292. The van der Waals surface area contributed by atoms with Crippen molar-refractivity contribution in [2.75, 3.05) is 33.3 Å². The highest BCUT2D eigenvalue weighted by Gasteiger charge is 2.33. The van der Waals surface area contributed by atoms with Crippen LogP contribution in [0.5, 0.6) is 0 Å². The van der Waals surface area contributed by atoms with Gasteiger partial charge in [0.25, 0.3) is 5.91 Å². The first kappa shape index (κ1) is 23.0. The molecule has 0 aliphatic carbocycles. The average Bonchev–Trinajstić information content (AvgIpc) is 3.22. The number of ether oxygens (including phenoxy) is 1. The first-order chi connectivity index (χ1) is 15.9. The van der Waals surface area contributed by atoms with Crippen molar-refractivity contribution in [2.24, 2.45) is 0 Å². The number of aromatic nitrogens is 1. The number of methoxy groups -OCH3 is 1. The van der Waals surface area contributed by atoms with Gasteiger partial charge < -0.3 is 9.64 Å². The SMILES string of the molecule is COC(=O)[C@@H](c1ccc(F)cc1)N1CCN(C(=O)c2sc(-c3ccc(F)cc3)nc2C)CC1. The molecule has 1 aromatic heterocycles. The fourth-order valence-electron chi connectivity index (χ4n) is 3.89. The van der Waals surface area contributed by atoms with E-state index in [1.165, 1.54) is 42.7 Å². The molecule has 1 amide bonds. The third-order valence-electron chi connectivity index (χ3n) is 5.66. The van der Waals surface area contributed by atoms with E-state index in [1.807, 2.05) is 4.90 Å². The van der Waals surface area contributed by atoms with Gasteiger partial charge in [-0.2, -0.15) is 0 Å². The number of halogens is 2. The minimum Gasteiger partial charge on any atom is -0.468 e. The van der Waals surface area contributed by atoms with Crippen LogP contribution in [-0.4, -0.2) is 59.9 Å². The molecule has 1 aliphatic rings. The monoisotopic (exact) mass is 471 g/mol. The van der Waals surface area contributed by atoms with E-state index in [0.717, 1.165) is 5.56 Å². The topological polar surface area (TPSA) is 62.7 Å². The number of rotatable bonds is 5. The van der Waals surface area contributed by atoms with Crippen LogP contribution in [0.3, 0.4) is 0 Å². The van der Waals surface area contributed by atoms with Gasteiger partial charge in [0, 0.05) is 31.7 Å². The summed E-state index contributed by atoms with van der Waals surface area (Å²) in [5.41, 5.74) is 2.03. The van der Waals surface area contributed by atoms with E-state index in [-0.39, 0.29) is 17.5 Å². The van der Waals surface area contributed by atoms with Crippen molar-refractivity contribution in [3.05, 3.63) is 76.3 Å². The molecule has 2 aromatic carbocycles. The van der Waals surface area contributed by atoms with Crippen molar-refractivity contribution >= 4 is 23.2 Å². The van der Waals surface area contributed by atoms with Crippen molar-refractivity contribution in [2.45, 2.75) is 13.0 Å². The summed E-state index contributed by atoms with van der Waals surface area (Å²) >= 11 is 1.29. The molecular weight excluding hydrogens is 448 g/mol. The lowest BCUT2D eigenvalue weighted by Gasteiger charge is -2.38. The van der Waals surface area contributed by atoms with Gasteiger partial charge in [0.2, 0.25) is 0 Å². The van der Waals surface area contributed by atoms with Crippen LogP contribution in [0.2, 0.25) is 0 Å². The summed E-state index contributed by atoms with van der Waals surface area (Å²) in [6.07, 6.45) is 0. The highest BCUT2D eigenvalue weighted by Crippen LogP contribution is 2.30. The molecule has 0 spiro atoms. The zero-order valence-electron chi connectivity index (χ0n) is 18.3. The third kappa shape index (κ3) is 4.94. The third-order valence-corrected chi connectivity index (χ3v) is 6.85. The van der Waals surface area contributed by atoms with E-state index in [4.69, 9.17) is 4.74 Å². The van der Waals surface area contributed by atoms with E-state index in [0.29, 0.717) is 47.3 Å². The maximum Gasteiger partial charge on any atom is 0.327 e. The molecule has 3 aromatic rings. The maximum atomic E-state index is 13.3. The predicted octanol–water partition coefficient (Wildman–Crippen LogP) is 4.07. The molecule has 0 saturated carbocycles. The van der Waals surface area contributed by atoms with Crippen LogP contribution < -0.4 is 0 Å². The van der Waals surface area contributed by atoms with E-state index < -0.39 is 12.0 Å². The Kier molecular flexibility index (Phi) is 6.80. The van der Waals surface area contributed by atoms with Crippen molar-refractivity contribution < 1.29 is 23.1 Å². The van der Waals surface area contributed by atoms with Gasteiger partial charge in [-0.3, -0.25) is 9.69 Å². The van der Waals surface area contributed by atoms with Crippen LogP contribution in [0.25, 0.3) is 10.6 Å². The van der Waals surface area contributed by atoms with Gasteiger partial charge in [-0.25, -0.2) is 18.6 Å². The average molecular weight is 472 g/mol. The number of carbonyl (C=O) groups is 2. The zero-order chi connectivity index (χ0) is 23.5. The molecule has 1 saturated heterocycles. The molecule has 1 atom stereocenters. The Bertz CT molecular complexity index is 1140. The summed E-state index contributed by atoms with van der Waals surface area (Å²) in [7, 11) is 1.32. The highest BCUT2D eigenvalue weighted by atomic mass is 32.1. The number of hydrogen-bond acceptors (Lipinski definition) is 6. The van der Waals surface area contributed by atoms with Gasteiger partial charge >= 0.3 is 5.97 Å². The molecule has 2 heterocycles. The van der Waals surface area contributed by atoms with Crippen molar-refractivity contribution in [3.63, 3.8) is 0 Å². The lowest BCUT2D eigenvalue weighted by molar-refractivity contribution is -0.148. The molecule has 0 radical (unpaired) electrons. The van der Waals surface area contributed by atoms with E-state index in [1.54, 1.807) is 36.1 Å². The Morgan fingerprint density at radius 1 is 0.970 bits per heavy atom. The largest absolute Gasteiger partial charge is 0.468 e. The Hall–Kier alpha value is -3.17. The number of piperazine rings is 1. The zero-order valence-corrected chi connectivity index (χ0v) is 19.1. The van der Waals surface area contributed by atoms with Crippen LogP contribution in [0.1, 0.15) is 27.0 Å². The summed E-state index contributed by atoms with van der Waals surface area (Å²) in [6, 6.07) is 11.1. The molecule has 9 heteroatoms. The van der Waals surface area contributed by atoms with Gasteiger partial charge in [-0.05, 0) is 48.9 Å². The summed E-state index contributed by atoms with van der Waals surface area (Å²) < 4.78 is 31.5. The number of carbonyl (C=O) groups excluding carboxylic acids is 2. The fourth-order valence-corrected chi connectivity index (χ4v) is 4.93. The number of aryl methyl sites for hydroxylation is 1. The number of amides is 1. The lowest BCUT2D eigenvalue weighted by atomic mass is 10.0. The number of hydrogen-bond donors (Lipinski definition) is 0. The van der Waals surface area contributed by atoms with Crippen LogP contribution in [0, 0.1) is 18.6 Å². The van der Waals surface area contributed by atoms with Gasteiger partial charge in [-0.1, -0.05) is 12.1 Å². The molecule has 33 heavy (non-hydrogen) atoms. The van der Waals surface area contributed by atoms with Gasteiger partial charge in [0.15, 0.2) is 0 Å². The molecule has 1 aliphatic heterocycles. The number of esters is 1. The summed E-state index contributed by atoms with van der Waals surface area (Å²) in [4.78, 5) is 34.4. The van der Waals surface area contributed by atoms with Gasteiger partial charge in [0.05, 0.1) is 12.8 Å². The second kappa shape index (κ2) is 9.76. The first-order valence-corrected chi connectivity index (χ1v) is 11.3. The Morgan fingerprint density at radius 2 is 1.55 bits per heavy atom. The normalized spacial score (nSPS) is 15.3. The first-order valence-electron chi connectivity index (χ1n) is 10.5. The lowest BCUT2D eigenvalue weighted by Crippen LogP contribution is -2.51. The molecule has 0 bridgehead atoms. The summed E-state index contributed by atoms with van der Waals surface area (Å²) in [5.74, 6) is -1.25. The Balaban J connectivity index is 1.47. The Morgan fingerprint density at radius 3 is 2.12 bits per heavy atom. The van der Waals surface area contributed by atoms with Crippen molar-refractivity contribution in [3.8, 4) is 10.6 Å². The van der Waals surface area contributed by atoms with Crippen molar-refractivity contribution in [1.29, 1.82) is 0 Å². The van der Waals surface area contributed by atoms with Crippen molar-refractivity contribution in [1.82, 2.24) is 14.8 Å². The Labute approximate surface area is 194 Å². The smallest absolute Gasteiger partial charge is 0.327 e. The van der Waals surface area contributed by atoms with Gasteiger partial charge in [0.1, 0.15) is 27.6 Å². The molecule has 172 valence electrons. The molecule has 6 nitrogen and oxygen atoms in total. The molecule has 0 unspecified atom stereocenters. The second-order valence-electron chi connectivity index (χ2n) is 7.75. The van der Waals surface area contributed by atoms with Gasteiger partial charge in [-0.15, -0.1) is 11.3 Å². The summed E-state index contributed by atoms with van der Waals surface area (Å²) in [5, 5.41) is 0.663. The standard InChI is InChI=1S/C24H23F2N3O3S/c1-15-21(33-22(27-15)17-5-9-19(26)10-6-17)23(30)29-13-11-28(12-14-29)20(24(31)32-2)16-3-7-18(25)8-4-16/h3-10,20H,11-14H2,1-2H3/t20-/m1/s1. The molecular formula is C24H23F2N3O3S. The molecule has 0 N–H and O–H groups in total. The number of benzene rings is 2. The summed E-state index contributed by atoms with van der Waals surface area (Å²) in [6.45, 7) is 3.57. The van der Waals surface area contributed by atoms with E-state index in [2.05, 4.69) is 4.98 Å². The highest BCUT2D eigenvalue weighted by molar-refractivity contribution is 7.17. The van der Waals surface area contributed by atoms with Crippen LogP contribution >= 0.6 is 11.3 Å².